The fourth-order valence-electron chi connectivity index (χ4n) is 3.03. The van der Waals surface area contributed by atoms with E-state index in [0.717, 1.165) is 38.4 Å². The van der Waals surface area contributed by atoms with Crippen LogP contribution in [-0.2, 0) is 4.74 Å². The Balaban J connectivity index is 0.00000144. The topological polar surface area (TPSA) is 66.5 Å². The van der Waals surface area contributed by atoms with Gasteiger partial charge >= 0.3 is 0 Å². The van der Waals surface area contributed by atoms with Crippen LogP contribution >= 0.6 is 24.8 Å². The number of halogens is 2. The van der Waals surface area contributed by atoms with E-state index in [4.69, 9.17) is 4.74 Å². The van der Waals surface area contributed by atoms with Crippen LogP contribution < -0.4 is 15.5 Å². The number of hydrogen-bond donors (Lipinski definition) is 2. The van der Waals surface area contributed by atoms with Crippen LogP contribution in [0.15, 0.2) is 18.3 Å². The lowest BCUT2D eigenvalue weighted by Crippen LogP contribution is -2.50. The molecule has 1 aromatic rings. The van der Waals surface area contributed by atoms with Gasteiger partial charge in [0, 0.05) is 31.9 Å². The molecule has 6 nitrogen and oxygen atoms in total. The molecule has 0 radical (unpaired) electrons. The number of piperidine rings is 1. The zero-order chi connectivity index (χ0) is 15.4. The molecular weight excluding hydrogens is 351 g/mol. The maximum atomic E-state index is 12.7. The monoisotopic (exact) mass is 376 g/mol. The third kappa shape index (κ3) is 4.96. The molecule has 24 heavy (non-hydrogen) atoms. The highest BCUT2D eigenvalue weighted by atomic mass is 35.5. The van der Waals surface area contributed by atoms with Gasteiger partial charge in [0.25, 0.3) is 5.91 Å². The SMILES string of the molecule is CC1CCNCC1NC(=O)c1cccnc1N1CCOCC1.Cl.Cl. The van der Waals surface area contributed by atoms with Gasteiger partial charge in [-0.05, 0) is 31.0 Å². The quantitative estimate of drug-likeness (QED) is 0.836. The van der Waals surface area contributed by atoms with E-state index in [2.05, 4.69) is 27.4 Å². The molecule has 2 aliphatic rings. The Hall–Kier alpha value is -1.08. The number of rotatable bonds is 3. The summed E-state index contributed by atoms with van der Waals surface area (Å²) in [4.78, 5) is 19.2. The lowest BCUT2D eigenvalue weighted by molar-refractivity contribution is 0.0913. The van der Waals surface area contributed by atoms with E-state index in [1.54, 1.807) is 6.20 Å². The summed E-state index contributed by atoms with van der Waals surface area (Å²) < 4.78 is 5.38. The normalized spacial score (nSPS) is 23.6. The number of carbonyl (C=O) groups is 1. The second-order valence-electron chi connectivity index (χ2n) is 6.02. The van der Waals surface area contributed by atoms with Crippen LogP contribution in [0, 0.1) is 5.92 Å². The van der Waals surface area contributed by atoms with Gasteiger partial charge in [0.1, 0.15) is 5.82 Å². The molecule has 2 atom stereocenters. The summed E-state index contributed by atoms with van der Waals surface area (Å²) >= 11 is 0. The third-order valence-corrected chi connectivity index (χ3v) is 4.49. The minimum Gasteiger partial charge on any atom is -0.378 e. The van der Waals surface area contributed by atoms with Crippen LogP contribution in [0.1, 0.15) is 23.7 Å². The molecule has 3 rings (SSSR count). The number of ether oxygens (including phenoxy) is 1. The number of pyridine rings is 1. The summed E-state index contributed by atoms with van der Waals surface area (Å²) in [5.41, 5.74) is 0.655. The summed E-state index contributed by atoms with van der Waals surface area (Å²) in [6.45, 7) is 6.97. The zero-order valence-electron chi connectivity index (χ0n) is 13.9. The van der Waals surface area contributed by atoms with E-state index in [1.807, 2.05) is 12.1 Å². The molecule has 8 heteroatoms. The van der Waals surface area contributed by atoms with Gasteiger partial charge in [-0.3, -0.25) is 4.79 Å². The van der Waals surface area contributed by atoms with E-state index in [-0.39, 0.29) is 36.8 Å². The summed E-state index contributed by atoms with van der Waals surface area (Å²) in [7, 11) is 0. The van der Waals surface area contributed by atoms with Gasteiger partial charge < -0.3 is 20.3 Å². The number of nitrogens with one attached hydrogen (secondary N) is 2. The van der Waals surface area contributed by atoms with Crippen LogP contribution in [0.25, 0.3) is 0 Å². The molecule has 136 valence electrons. The first-order valence-corrected chi connectivity index (χ1v) is 8.05. The van der Waals surface area contributed by atoms with E-state index in [9.17, 15) is 4.79 Å². The Morgan fingerprint density at radius 3 is 2.83 bits per heavy atom. The average molecular weight is 377 g/mol. The molecule has 1 aromatic heterocycles. The number of nitrogens with zero attached hydrogens (tertiary/aromatic N) is 2. The maximum absolute atomic E-state index is 12.7. The number of anilines is 1. The molecule has 1 amide bonds. The van der Waals surface area contributed by atoms with Crippen molar-refractivity contribution in [3.8, 4) is 0 Å². The lowest BCUT2D eigenvalue weighted by Gasteiger charge is -2.32. The smallest absolute Gasteiger partial charge is 0.255 e. The van der Waals surface area contributed by atoms with E-state index in [1.165, 1.54) is 0 Å². The number of amides is 1. The van der Waals surface area contributed by atoms with Crippen molar-refractivity contribution in [1.29, 1.82) is 0 Å². The molecule has 0 saturated carbocycles. The van der Waals surface area contributed by atoms with Gasteiger partial charge in [-0.2, -0.15) is 0 Å². The van der Waals surface area contributed by atoms with Crippen LogP contribution in [0.4, 0.5) is 5.82 Å². The van der Waals surface area contributed by atoms with Gasteiger partial charge in [0.15, 0.2) is 0 Å². The van der Waals surface area contributed by atoms with Gasteiger partial charge in [0.2, 0.25) is 0 Å². The van der Waals surface area contributed by atoms with Crippen LogP contribution in [-0.4, -0.2) is 56.3 Å². The van der Waals surface area contributed by atoms with Crippen LogP contribution in [0.3, 0.4) is 0 Å². The van der Waals surface area contributed by atoms with Crippen molar-refractivity contribution in [1.82, 2.24) is 15.6 Å². The molecule has 2 unspecified atom stereocenters. The van der Waals surface area contributed by atoms with Crippen molar-refractivity contribution in [2.45, 2.75) is 19.4 Å². The highest BCUT2D eigenvalue weighted by Gasteiger charge is 2.25. The maximum Gasteiger partial charge on any atom is 0.255 e. The summed E-state index contributed by atoms with van der Waals surface area (Å²) in [6, 6.07) is 3.86. The minimum atomic E-state index is -0.0323. The summed E-state index contributed by atoms with van der Waals surface area (Å²) in [5, 5.41) is 6.51. The van der Waals surface area contributed by atoms with Gasteiger partial charge in [-0.1, -0.05) is 6.92 Å². The number of morpholine rings is 1. The first-order chi connectivity index (χ1) is 10.8. The number of hydrogen-bond acceptors (Lipinski definition) is 5. The third-order valence-electron chi connectivity index (χ3n) is 4.49. The van der Waals surface area contributed by atoms with Crippen molar-refractivity contribution < 1.29 is 9.53 Å². The second kappa shape index (κ2) is 10.0. The zero-order valence-corrected chi connectivity index (χ0v) is 15.5. The largest absolute Gasteiger partial charge is 0.378 e. The fourth-order valence-corrected chi connectivity index (χ4v) is 3.03. The Bertz CT molecular complexity index is 527. The van der Waals surface area contributed by atoms with Gasteiger partial charge in [0.05, 0.1) is 18.8 Å². The Morgan fingerprint density at radius 1 is 1.38 bits per heavy atom. The van der Waals surface area contributed by atoms with Gasteiger partial charge in [-0.15, -0.1) is 24.8 Å². The van der Waals surface area contributed by atoms with Crippen molar-refractivity contribution in [3.63, 3.8) is 0 Å². The Kier molecular flexibility index (Phi) is 8.76. The van der Waals surface area contributed by atoms with Crippen molar-refractivity contribution in [3.05, 3.63) is 23.9 Å². The van der Waals surface area contributed by atoms with E-state index >= 15 is 0 Å². The second-order valence-corrected chi connectivity index (χ2v) is 6.02. The molecule has 3 heterocycles. The standard InChI is InChI=1S/C16H24N4O2.2ClH/c1-12-4-6-17-11-14(12)19-16(21)13-3-2-5-18-15(13)20-7-9-22-10-8-20;;/h2-3,5,12,14,17H,4,6-11H2,1H3,(H,19,21);2*1H. The highest BCUT2D eigenvalue weighted by molar-refractivity contribution is 5.99. The first-order valence-electron chi connectivity index (χ1n) is 8.05. The molecule has 2 aliphatic heterocycles. The van der Waals surface area contributed by atoms with E-state index < -0.39 is 0 Å². The summed E-state index contributed by atoms with van der Waals surface area (Å²) in [6.07, 6.45) is 2.83. The van der Waals surface area contributed by atoms with E-state index in [0.29, 0.717) is 24.7 Å². The molecule has 0 aromatic carbocycles. The molecule has 0 spiro atoms. The predicted octanol–water partition coefficient (Wildman–Crippen LogP) is 1.49. The number of aromatic nitrogens is 1. The van der Waals surface area contributed by atoms with Crippen molar-refractivity contribution in [2.24, 2.45) is 5.92 Å². The molecular formula is C16H26Cl2N4O2. The Morgan fingerprint density at radius 2 is 2.12 bits per heavy atom. The van der Waals surface area contributed by atoms with Crippen molar-refractivity contribution in [2.75, 3.05) is 44.3 Å². The Labute approximate surface area is 155 Å². The molecule has 2 saturated heterocycles. The van der Waals surface area contributed by atoms with Crippen LogP contribution in [0.5, 0.6) is 0 Å². The lowest BCUT2D eigenvalue weighted by atomic mass is 9.94. The molecule has 2 fully saturated rings. The van der Waals surface area contributed by atoms with Gasteiger partial charge in [-0.25, -0.2) is 4.98 Å². The van der Waals surface area contributed by atoms with Crippen molar-refractivity contribution >= 4 is 36.5 Å². The first kappa shape index (κ1) is 21.0. The predicted molar refractivity (Wildman–Crippen MR) is 99.7 cm³/mol. The number of carbonyl (C=O) groups excluding carboxylic acids is 1. The highest BCUT2D eigenvalue weighted by Crippen LogP contribution is 2.19. The average Bonchev–Trinajstić information content (AvgIpc) is 2.58. The summed E-state index contributed by atoms with van der Waals surface area (Å²) in [5.74, 6) is 1.23. The molecule has 0 bridgehead atoms. The minimum absolute atomic E-state index is 0. The molecule has 0 aliphatic carbocycles. The molecule has 2 N–H and O–H groups in total. The van der Waals surface area contributed by atoms with Crippen LogP contribution in [0.2, 0.25) is 0 Å². The fraction of sp³-hybridized carbons (Fsp3) is 0.625.